The van der Waals surface area contributed by atoms with Crippen LogP contribution in [0.2, 0.25) is 0 Å². The smallest absolute Gasteiger partial charge is 0.277 e. The van der Waals surface area contributed by atoms with Crippen LogP contribution in [0.1, 0.15) is 46.2 Å². The fraction of sp³-hybridized carbons (Fsp3) is 0.409. The molecule has 11 heteroatoms. The lowest BCUT2D eigenvalue weighted by Crippen LogP contribution is -2.21. The number of para-hydroxylation sites is 2. The molecule has 0 spiro atoms. The first-order valence-corrected chi connectivity index (χ1v) is 13.4. The van der Waals surface area contributed by atoms with Crippen LogP contribution in [-0.2, 0) is 9.84 Å². The van der Waals surface area contributed by atoms with Crippen LogP contribution < -0.4 is 9.47 Å². The maximum atomic E-state index is 12.9. The number of sulfone groups is 1. The zero-order valence-electron chi connectivity index (χ0n) is 18.2. The molecule has 1 fully saturated rings. The number of aryl methyl sites for hydroxylation is 1. The summed E-state index contributed by atoms with van der Waals surface area (Å²) in [7, 11) is -3.01. The number of carbonyl (C=O) groups is 1. The van der Waals surface area contributed by atoms with Gasteiger partial charge in [0.1, 0.15) is 6.61 Å². The third kappa shape index (κ3) is 4.39. The summed E-state index contributed by atoms with van der Waals surface area (Å²) in [6.07, 6.45) is 0.0579. The first-order valence-electron chi connectivity index (χ1n) is 10.6. The topological polar surface area (TPSA) is 114 Å². The molecule has 4 heterocycles. The molecule has 0 saturated carbocycles. The molecular formula is C22H23N3O6S2. The molecule has 33 heavy (non-hydrogen) atoms. The molecule has 2 aromatic heterocycles. The summed E-state index contributed by atoms with van der Waals surface area (Å²) in [5.74, 6) is 1.93. The van der Waals surface area contributed by atoms with Gasteiger partial charge in [0, 0.05) is 23.0 Å². The Bertz CT molecular complexity index is 1310. The molecule has 2 aliphatic rings. The number of hydrogen-bond donors (Lipinski definition) is 0. The molecule has 0 N–H and O–H groups in total. The quantitative estimate of drug-likeness (QED) is 0.380. The van der Waals surface area contributed by atoms with Crippen LogP contribution in [0.5, 0.6) is 11.5 Å². The second-order valence-electron chi connectivity index (χ2n) is 8.19. The van der Waals surface area contributed by atoms with E-state index in [9.17, 15) is 13.2 Å². The van der Waals surface area contributed by atoms with Gasteiger partial charge in [-0.1, -0.05) is 23.9 Å². The maximum Gasteiger partial charge on any atom is 0.277 e. The van der Waals surface area contributed by atoms with Crippen LogP contribution in [0.15, 0.2) is 40.0 Å². The first kappa shape index (κ1) is 22.0. The van der Waals surface area contributed by atoms with Gasteiger partial charge in [-0.25, -0.2) is 8.42 Å². The average molecular weight is 490 g/mol. The molecule has 3 aromatic rings. The number of aromatic nitrogens is 3. The van der Waals surface area contributed by atoms with Crippen LogP contribution in [0.25, 0.3) is 0 Å². The van der Waals surface area contributed by atoms with E-state index in [0.717, 1.165) is 23.1 Å². The number of nitrogens with zero attached hydrogens (tertiary/aromatic N) is 3. The molecule has 0 amide bonds. The van der Waals surface area contributed by atoms with Gasteiger partial charge in [0.25, 0.3) is 11.1 Å². The normalized spacial score (nSPS) is 21.3. The highest BCUT2D eigenvalue weighted by atomic mass is 32.2. The van der Waals surface area contributed by atoms with Crippen molar-refractivity contribution in [1.82, 2.24) is 14.8 Å². The Morgan fingerprint density at radius 2 is 2.00 bits per heavy atom. The lowest BCUT2D eigenvalue weighted by molar-refractivity contribution is 0.0686. The second kappa shape index (κ2) is 8.53. The lowest BCUT2D eigenvalue weighted by atomic mass is 10.2. The molecule has 9 nitrogen and oxygen atoms in total. The number of Topliss-reactive ketones (excluding diaryl/α,β-unsaturated/α-hetero) is 1. The van der Waals surface area contributed by atoms with Crippen molar-refractivity contribution in [2.45, 2.75) is 37.6 Å². The summed E-state index contributed by atoms with van der Waals surface area (Å²) >= 11 is 1.16. The summed E-state index contributed by atoms with van der Waals surface area (Å²) in [5.41, 5.74) is 2.26. The van der Waals surface area contributed by atoms with Crippen molar-refractivity contribution in [1.29, 1.82) is 0 Å². The zero-order valence-corrected chi connectivity index (χ0v) is 19.8. The number of benzene rings is 1. The van der Waals surface area contributed by atoms with E-state index in [1.165, 1.54) is 0 Å². The second-order valence-corrected chi connectivity index (χ2v) is 11.3. The molecule has 0 aliphatic carbocycles. The van der Waals surface area contributed by atoms with Crippen molar-refractivity contribution < 1.29 is 27.1 Å². The Kier molecular flexibility index (Phi) is 5.69. The predicted molar refractivity (Wildman–Crippen MR) is 121 cm³/mol. The van der Waals surface area contributed by atoms with Crippen molar-refractivity contribution in [2.75, 3.05) is 23.9 Å². The average Bonchev–Trinajstić information content (AvgIpc) is 3.49. The number of thioether (sulfide) groups is 1. The maximum absolute atomic E-state index is 12.9. The fourth-order valence-electron chi connectivity index (χ4n) is 4.36. The minimum Gasteiger partial charge on any atom is -0.485 e. The molecule has 2 aliphatic heterocycles. The van der Waals surface area contributed by atoms with Gasteiger partial charge in [-0.3, -0.25) is 4.79 Å². The van der Waals surface area contributed by atoms with Crippen LogP contribution >= 0.6 is 11.8 Å². The number of hydrogen-bond acceptors (Lipinski definition) is 9. The number of ether oxygens (including phenoxy) is 2. The Morgan fingerprint density at radius 1 is 1.21 bits per heavy atom. The lowest BCUT2D eigenvalue weighted by Gasteiger charge is -2.23. The van der Waals surface area contributed by atoms with Crippen molar-refractivity contribution in [2.24, 2.45) is 0 Å². The van der Waals surface area contributed by atoms with Crippen molar-refractivity contribution >= 4 is 27.4 Å². The van der Waals surface area contributed by atoms with Crippen molar-refractivity contribution in [3.63, 3.8) is 0 Å². The van der Waals surface area contributed by atoms with Gasteiger partial charge in [-0.2, -0.15) is 0 Å². The van der Waals surface area contributed by atoms with Crippen LogP contribution in [0, 0.1) is 13.8 Å². The highest BCUT2D eigenvalue weighted by Crippen LogP contribution is 2.36. The molecule has 5 rings (SSSR count). The van der Waals surface area contributed by atoms with Gasteiger partial charge < -0.3 is 18.5 Å². The molecule has 2 atom stereocenters. The van der Waals surface area contributed by atoms with Crippen LogP contribution in [0.4, 0.5) is 0 Å². The monoisotopic (exact) mass is 489 g/mol. The number of ketones is 1. The molecule has 0 unspecified atom stereocenters. The zero-order chi connectivity index (χ0) is 23.2. The van der Waals surface area contributed by atoms with E-state index in [1.54, 1.807) is 0 Å². The van der Waals surface area contributed by atoms with E-state index in [4.69, 9.17) is 13.9 Å². The Balaban J connectivity index is 1.24. The Morgan fingerprint density at radius 3 is 2.76 bits per heavy atom. The van der Waals surface area contributed by atoms with E-state index in [1.807, 2.05) is 48.7 Å². The van der Waals surface area contributed by atoms with Gasteiger partial charge in [0.05, 0.1) is 17.3 Å². The van der Waals surface area contributed by atoms with E-state index in [2.05, 4.69) is 10.2 Å². The highest BCUT2D eigenvalue weighted by molar-refractivity contribution is 7.99. The van der Waals surface area contributed by atoms with Gasteiger partial charge in [-0.05, 0) is 38.5 Å². The van der Waals surface area contributed by atoms with Gasteiger partial charge in [0.2, 0.25) is 6.10 Å². The van der Waals surface area contributed by atoms with Crippen molar-refractivity contribution in [3.05, 3.63) is 53.2 Å². The van der Waals surface area contributed by atoms with Gasteiger partial charge in [0.15, 0.2) is 27.1 Å². The third-order valence-corrected chi connectivity index (χ3v) is 8.46. The van der Waals surface area contributed by atoms with Gasteiger partial charge >= 0.3 is 0 Å². The molecule has 0 bridgehead atoms. The highest BCUT2D eigenvalue weighted by Gasteiger charge is 2.32. The molecule has 0 radical (unpaired) electrons. The molecular weight excluding hydrogens is 466 g/mol. The number of rotatable bonds is 6. The first-order chi connectivity index (χ1) is 15.8. The SMILES string of the molecule is Cc1cc(C(=O)CSc2nnc([C@H]3COc4ccccc4O3)o2)c(C)n1[C@H]1CCS(=O)(=O)C1. The summed E-state index contributed by atoms with van der Waals surface area (Å²) in [6, 6.07) is 9.07. The minimum absolute atomic E-state index is 0.0777. The number of fused-ring (bicyclic) bond motifs is 1. The van der Waals surface area contributed by atoms with Gasteiger partial charge in [-0.15, -0.1) is 10.2 Å². The summed E-state index contributed by atoms with van der Waals surface area (Å²) in [5, 5.41) is 8.35. The molecule has 1 aromatic carbocycles. The van der Waals surface area contributed by atoms with E-state index < -0.39 is 15.9 Å². The Labute approximate surface area is 195 Å². The van der Waals surface area contributed by atoms with Crippen LogP contribution in [0.3, 0.4) is 0 Å². The standard InChI is InChI=1S/C22H23N3O6S2/c1-13-9-16(14(2)25(13)15-7-8-33(27,28)12-15)17(26)11-32-22-24-23-21(31-22)20-10-29-18-5-3-4-6-19(18)30-20/h3-6,9,15,20H,7-8,10-12H2,1-2H3/t15-,20+/m0/s1. The van der Waals surface area contributed by atoms with E-state index in [-0.39, 0.29) is 40.9 Å². The molecule has 1 saturated heterocycles. The summed E-state index contributed by atoms with van der Waals surface area (Å²) < 4.78 is 43.0. The van der Waals surface area contributed by atoms with E-state index in [0.29, 0.717) is 29.4 Å². The number of carbonyl (C=O) groups excluding carboxylic acids is 1. The summed E-state index contributed by atoms with van der Waals surface area (Å²) in [6.45, 7) is 4.01. The minimum atomic E-state index is -3.01. The predicted octanol–water partition coefficient (Wildman–Crippen LogP) is 3.34. The Hall–Kier alpha value is -2.79. The van der Waals surface area contributed by atoms with E-state index >= 15 is 0 Å². The van der Waals surface area contributed by atoms with Crippen LogP contribution in [-0.4, -0.2) is 52.8 Å². The third-order valence-electron chi connectivity index (χ3n) is 5.89. The molecule has 174 valence electrons. The van der Waals surface area contributed by atoms with Crippen molar-refractivity contribution in [3.8, 4) is 11.5 Å². The summed E-state index contributed by atoms with van der Waals surface area (Å²) in [4.78, 5) is 12.9. The fourth-order valence-corrected chi connectivity index (χ4v) is 6.71. The largest absolute Gasteiger partial charge is 0.485 e.